The van der Waals surface area contributed by atoms with E-state index < -0.39 is 0 Å². The summed E-state index contributed by atoms with van der Waals surface area (Å²) in [4.78, 5) is 23.5. The Bertz CT molecular complexity index is 768. The molecule has 2 amide bonds. The lowest BCUT2D eigenvalue weighted by Gasteiger charge is -2.07. The second kappa shape index (κ2) is 9.82. The first-order valence-corrected chi connectivity index (χ1v) is 8.04. The van der Waals surface area contributed by atoms with E-state index in [1.807, 2.05) is 67.6 Å². The van der Waals surface area contributed by atoms with E-state index in [0.717, 1.165) is 16.8 Å². The second-order valence-corrected chi connectivity index (χ2v) is 5.45. The fourth-order valence-corrected chi connectivity index (χ4v) is 2.08. The zero-order valence-corrected chi connectivity index (χ0v) is 14.1. The largest absolute Gasteiger partial charge is 0.326 e. The molecule has 0 aliphatic rings. The minimum Gasteiger partial charge on any atom is -0.326 e. The first kappa shape index (κ1) is 18.1. The monoisotopic (exact) mass is 335 g/mol. The summed E-state index contributed by atoms with van der Waals surface area (Å²) in [7, 11) is 0. The van der Waals surface area contributed by atoms with E-state index in [4.69, 9.17) is 0 Å². The Morgan fingerprint density at radius 2 is 1.64 bits per heavy atom. The molecule has 2 aromatic carbocycles. The van der Waals surface area contributed by atoms with Crippen molar-refractivity contribution in [2.75, 3.05) is 5.32 Å². The average molecular weight is 335 g/mol. The van der Waals surface area contributed by atoms with Crippen LogP contribution in [0.1, 0.15) is 24.0 Å². The Kier molecular flexibility index (Phi) is 7.13. The third-order valence-corrected chi connectivity index (χ3v) is 3.44. The number of hydrogen-bond donors (Lipinski definition) is 2. The molecule has 25 heavy (non-hydrogen) atoms. The lowest BCUT2D eigenvalue weighted by atomic mass is 10.2. The zero-order valence-electron chi connectivity index (χ0n) is 14.1. The average Bonchev–Trinajstić information content (AvgIpc) is 2.62. The molecule has 2 rings (SSSR count). The molecule has 0 unspecified atom stereocenters. The summed E-state index contributed by atoms with van der Waals surface area (Å²) in [6.45, 7) is 1.92. The van der Waals surface area contributed by atoms with Gasteiger partial charge >= 0.3 is 0 Å². The minimum absolute atomic E-state index is 0.0808. The van der Waals surface area contributed by atoms with Crippen LogP contribution < -0.4 is 10.7 Å². The first-order valence-electron chi connectivity index (χ1n) is 8.04. The van der Waals surface area contributed by atoms with Crippen molar-refractivity contribution in [3.63, 3.8) is 0 Å². The third-order valence-electron chi connectivity index (χ3n) is 3.44. The number of rotatable bonds is 7. The number of nitrogens with zero attached hydrogens (tertiary/aromatic N) is 1. The Morgan fingerprint density at radius 3 is 2.40 bits per heavy atom. The first-order chi connectivity index (χ1) is 12.1. The zero-order chi connectivity index (χ0) is 17.9. The number of carbonyl (C=O) groups excluding carboxylic acids is 2. The van der Waals surface area contributed by atoms with Crippen molar-refractivity contribution in [2.45, 2.75) is 19.8 Å². The van der Waals surface area contributed by atoms with Gasteiger partial charge in [0, 0.05) is 24.7 Å². The van der Waals surface area contributed by atoms with Crippen molar-refractivity contribution in [1.82, 2.24) is 5.43 Å². The molecule has 0 saturated carbocycles. The Morgan fingerprint density at radius 1 is 0.960 bits per heavy atom. The summed E-state index contributed by atoms with van der Waals surface area (Å²) in [6.07, 6.45) is 5.30. The van der Waals surface area contributed by atoms with E-state index in [9.17, 15) is 9.59 Å². The van der Waals surface area contributed by atoms with Crippen LogP contribution in [0.3, 0.4) is 0 Å². The highest BCUT2D eigenvalue weighted by Gasteiger charge is 2.07. The summed E-state index contributed by atoms with van der Waals surface area (Å²) in [5, 5.41) is 6.61. The maximum atomic E-state index is 11.9. The molecule has 0 aliphatic heterocycles. The van der Waals surface area contributed by atoms with Gasteiger partial charge in [-0.25, -0.2) is 5.43 Å². The van der Waals surface area contributed by atoms with Gasteiger partial charge in [0.25, 0.3) is 0 Å². The lowest BCUT2D eigenvalue weighted by molar-refractivity contribution is -0.124. The van der Waals surface area contributed by atoms with E-state index in [2.05, 4.69) is 15.8 Å². The van der Waals surface area contributed by atoms with Crippen LogP contribution >= 0.6 is 0 Å². The van der Waals surface area contributed by atoms with Crippen LogP contribution in [0.2, 0.25) is 0 Å². The van der Waals surface area contributed by atoms with Crippen LogP contribution in [0, 0.1) is 6.92 Å². The van der Waals surface area contributed by atoms with Crippen molar-refractivity contribution < 1.29 is 9.59 Å². The van der Waals surface area contributed by atoms with Crippen LogP contribution in [0.15, 0.2) is 65.8 Å². The van der Waals surface area contributed by atoms with Crippen molar-refractivity contribution in [3.8, 4) is 0 Å². The quantitative estimate of drug-likeness (QED) is 0.600. The van der Waals surface area contributed by atoms with Gasteiger partial charge in [-0.05, 0) is 30.2 Å². The Hall–Kier alpha value is -3.21. The molecule has 5 nitrogen and oxygen atoms in total. The number of hydrazone groups is 1. The van der Waals surface area contributed by atoms with E-state index >= 15 is 0 Å². The number of nitrogens with one attached hydrogen (secondary N) is 2. The molecule has 128 valence electrons. The van der Waals surface area contributed by atoms with Gasteiger partial charge in [0.1, 0.15) is 0 Å². The summed E-state index contributed by atoms with van der Waals surface area (Å²) in [5.41, 5.74) is 5.19. The molecule has 0 bridgehead atoms. The van der Waals surface area contributed by atoms with Crippen LogP contribution in [0.5, 0.6) is 0 Å². The molecule has 0 atom stereocenters. The molecular weight excluding hydrogens is 314 g/mol. The summed E-state index contributed by atoms with van der Waals surface area (Å²) >= 11 is 0. The molecule has 0 heterocycles. The molecule has 0 spiro atoms. The lowest BCUT2D eigenvalue weighted by Crippen LogP contribution is -2.20. The molecule has 0 aromatic heterocycles. The van der Waals surface area contributed by atoms with E-state index in [1.54, 1.807) is 6.08 Å². The molecule has 0 aliphatic carbocycles. The molecule has 0 fully saturated rings. The van der Waals surface area contributed by atoms with Crippen LogP contribution in [0.25, 0.3) is 6.08 Å². The normalized spacial score (nSPS) is 10.9. The predicted molar refractivity (Wildman–Crippen MR) is 101 cm³/mol. The highest BCUT2D eigenvalue weighted by Crippen LogP contribution is 2.13. The van der Waals surface area contributed by atoms with Crippen LogP contribution in [-0.2, 0) is 9.59 Å². The van der Waals surface area contributed by atoms with Gasteiger partial charge < -0.3 is 5.32 Å². The van der Waals surface area contributed by atoms with Gasteiger partial charge in [0.05, 0.1) is 0 Å². The molecule has 0 saturated heterocycles. The third kappa shape index (κ3) is 6.83. The van der Waals surface area contributed by atoms with E-state index in [-0.39, 0.29) is 24.7 Å². The minimum atomic E-state index is -0.302. The molecule has 2 aromatic rings. The topological polar surface area (TPSA) is 70.6 Å². The fourth-order valence-electron chi connectivity index (χ4n) is 2.08. The fraction of sp³-hybridized carbons (Fsp3) is 0.150. The van der Waals surface area contributed by atoms with Gasteiger partial charge in [-0.1, -0.05) is 54.6 Å². The van der Waals surface area contributed by atoms with Crippen LogP contribution in [-0.4, -0.2) is 18.0 Å². The standard InChI is InChI=1S/C20H21N3O2/c1-16-8-5-6-12-18(16)22-19(24)13-14-20(25)23-21-15-7-11-17-9-3-2-4-10-17/h2-12,15H,13-14H2,1H3,(H,22,24)(H,23,25)/b11-7+,21-15+. The molecular formula is C20H21N3O2. The maximum Gasteiger partial charge on any atom is 0.240 e. The Balaban J connectivity index is 1.68. The van der Waals surface area contributed by atoms with E-state index in [0.29, 0.717) is 0 Å². The molecule has 2 N–H and O–H groups in total. The highest BCUT2D eigenvalue weighted by atomic mass is 16.2. The molecule has 5 heteroatoms. The number of carbonyl (C=O) groups is 2. The van der Waals surface area contributed by atoms with Crippen molar-refractivity contribution >= 4 is 29.8 Å². The van der Waals surface area contributed by atoms with E-state index in [1.165, 1.54) is 6.21 Å². The smallest absolute Gasteiger partial charge is 0.240 e. The van der Waals surface area contributed by atoms with Gasteiger partial charge in [0.2, 0.25) is 11.8 Å². The highest BCUT2D eigenvalue weighted by molar-refractivity contribution is 5.93. The predicted octanol–water partition coefficient (Wildman–Crippen LogP) is 3.53. The summed E-state index contributed by atoms with van der Waals surface area (Å²) < 4.78 is 0. The number of benzene rings is 2. The van der Waals surface area contributed by atoms with Gasteiger partial charge in [-0.2, -0.15) is 5.10 Å². The number of aryl methyl sites for hydroxylation is 1. The number of allylic oxidation sites excluding steroid dienone is 1. The van der Waals surface area contributed by atoms with Gasteiger partial charge in [-0.3, -0.25) is 9.59 Å². The van der Waals surface area contributed by atoms with Gasteiger partial charge in [-0.15, -0.1) is 0 Å². The summed E-state index contributed by atoms with van der Waals surface area (Å²) in [5.74, 6) is -0.498. The maximum absolute atomic E-state index is 11.9. The van der Waals surface area contributed by atoms with Gasteiger partial charge in [0.15, 0.2) is 0 Å². The van der Waals surface area contributed by atoms with Crippen molar-refractivity contribution in [1.29, 1.82) is 0 Å². The van der Waals surface area contributed by atoms with Crippen LogP contribution in [0.4, 0.5) is 5.69 Å². The summed E-state index contributed by atoms with van der Waals surface area (Å²) in [6, 6.07) is 17.3. The number of hydrogen-bond acceptors (Lipinski definition) is 3. The number of amides is 2. The second-order valence-electron chi connectivity index (χ2n) is 5.45. The SMILES string of the molecule is Cc1ccccc1NC(=O)CCC(=O)N/N=C/C=C/c1ccccc1. The number of para-hydroxylation sites is 1. The number of anilines is 1. The molecule has 0 radical (unpaired) electrons. The van der Waals surface area contributed by atoms with Crippen molar-refractivity contribution in [2.24, 2.45) is 5.10 Å². The van der Waals surface area contributed by atoms with Crippen molar-refractivity contribution in [3.05, 3.63) is 71.8 Å². The Labute approximate surface area is 147 Å².